The van der Waals surface area contributed by atoms with Gasteiger partial charge in [-0.1, -0.05) is 25.1 Å². The molecular formula is C46H51BrF2N8O6. The summed E-state index contributed by atoms with van der Waals surface area (Å²) >= 11 is 0. The highest BCUT2D eigenvalue weighted by molar-refractivity contribution is 5.69. The molecule has 332 valence electrons. The molecule has 2 fully saturated rings. The molecule has 2 aliphatic heterocycles. The molecule has 6 aromatic rings. The number of benzene rings is 4. The zero-order valence-corrected chi connectivity index (χ0v) is 37.0. The van der Waals surface area contributed by atoms with Gasteiger partial charge in [0.05, 0.1) is 37.6 Å². The molecule has 63 heavy (non-hydrogen) atoms. The highest BCUT2D eigenvalue weighted by Crippen LogP contribution is 2.42. The summed E-state index contributed by atoms with van der Waals surface area (Å²) in [6, 6.07) is 26.3. The van der Waals surface area contributed by atoms with E-state index in [1.54, 1.807) is 30.1 Å². The first-order valence-electron chi connectivity index (χ1n) is 20.9. The molecule has 4 heterocycles. The lowest BCUT2D eigenvalue weighted by Crippen LogP contribution is -3.00. The summed E-state index contributed by atoms with van der Waals surface area (Å²) in [5.41, 5.74) is 2.74. The first kappa shape index (κ1) is 45.1. The van der Waals surface area contributed by atoms with E-state index < -0.39 is 23.3 Å². The van der Waals surface area contributed by atoms with Gasteiger partial charge in [-0.2, -0.15) is 5.10 Å². The van der Waals surface area contributed by atoms with Gasteiger partial charge in [-0.25, -0.2) is 27.4 Å². The number of anilines is 2. The molecule has 0 saturated carbocycles. The molecule has 0 radical (unpaired) electrons. The van der Waals surface area contributed by atoms with Gasteiger partial charge < -0.3 is 46.1 Å². The number of halogens is 3. The molecule has 8 rings (SSSR count). The standard InChI is InChI=1S/C46H51F2N8O6.BrH/c1-4-44(32(2)57)56-45(59)55(30-50-56)39-10-8-37(9-11-39)52-19-21-53(22-20-52)38-12-16-40(17-13-38)60-26-35-24-46(61-27-35,42-18-7-36(47)23-43(42)48)28-54-31-51(29-49-54)25-34-5-14-41(15-6-34)62-33(3)58;/h5-18,23,29-32,35,44,57H,4,19-22,24-28H2,1-3H3;1H/q+1;/p-1/t32-,35+,44-,46-;/m0./s1. The molecule has 1 N–H and O–H groups in total. The first-order valence-corrected chi connectivity index (χ1v) is 20.9. The molecule has 2 aliphatic rings. The van der Waals surface area contributed by atoms with Crippen LogP contribution >= 0.6 is 0 Å². The zero-order chi connectivity index (χ0) is 43.4. The number of ether oxygens (including phenoxy) is 3. The number of carbonyl (C=O) groups excluding carboxylic acids is 1. The van der Waals surface area contributed by atoms with Gasteiger partial charge in [0.1, 0.15) is 41.6 Å². The fourth-order valence-electron chi connectivity index (χ4n) is 8.49. The Morgan fingerprint density at radius 2 is 1.56 bits per heavy atom. The minimum atomic E-state index is -1.10. The number of nitrogens with zero attached hydrogens (tertiary/aromatic N) is 8. The summed E-state index contributed by atoms with van der Waals surface area (Å²) in [7, 11) is 0. The number of aromatic nitrogens is 6. The molecule has 14 nitrogen and oxygen atoms in total. The van der Waals surface area contributed by atoms with Crippen LogP contribution in [0.15, 0.2) is 115 Å². The molecule has 0 bridgehead atoms. The maximum atomic E-state index is 15.4. The molecule has 2 saturated heterocycles. The topological polar surface area (TPSA) is 133 Å². The number of aliphatic hydroxyl groups excluding tert-OH is 1. The van der Waals surface area contributed by atoms with Crippen molar-refractivity contribution in [1.82, 2.24) is 24.1 Å². The van der Waals surface area contributed by atoms with Crippen molar-refractivity contribution >= 4 is 17.3 Å². The van der Waals surface area contributed by atoms with Crippen molar-refractivity contribution in [2.75, 3.05) is 49.2 Å². The normalized spacial score (nSPS) is 18.5. The third-order valence-corrected chi connectivity index (χ3v) is 11.7. The Bertz CT molecular complexity index is 2520. The van der Waals surface area contributed by atoms with E-state index in [0.29, 0.717) is 44.1 Å². The van der Waals surface area contributed by atoms with E-state index in [2.05, 4.69) is 32.1 Å². The summed E-state index contributed by atoms with van der Waals surface area (Å²) < 4.78 is 53.7. The molecule has 17 heteroatoms. The lowest BCUT2D eigenvalue weighted by Gasteiger charge is -2.37. The molecular weight excluding hydrogens is 878 g/mol. The molecule has 0 spiro atoms. The van der Waals surface area contributed by atoms with Crippen molar-refractivity contribution in [3.63, 3.8) is 0 Å². The Morgan fingerprint density at radius 1 is 0.921 bits per heavy atom. The molecule has 2 aromatic heterocycles. The van der Waals surface area contributed by atoms with Crippen LogP contribution < -0.4 is 46.5 Å². The van der Waals surface area contributed by atoms with Crippen molar-refractivity contribution in [3.05, 3.63) is 143 Å². The Hall–Kier alpha value is -5.91. The molecule has 4 aromatic carbocycles. The highest BCUT2D eigenvalue weighted by Gasteiger charge is 2.46. The summed E-state index contributed by atoms with van der Waals surface area (Å²) in [6.45, 7) is 9.63. The van der Waals surface area contributed by atoms with Gasteiger partial charge in [0, 0.05) is 67.1 Å². The van der Waals surface area contributed by atoms with Crippen LogP contribution in [0.5, 0.6) is 11.5 Å². The van der Waals surface area contributed by atoms with Crippen molar-refractivity contribution < 1.29 is 54.4 Å². The van der Waals surface area contributed by atoms with Gasteiger partial charge in [-0.05, 0) is 92.1 Å². The number of piperazine rings is 1. The van der Waals surface area contributed by atoms with Crippen molar-refractivity contribution in [3.8, 4) is 17.2 Å². The zero-order valence-electron chi connectivity index (χ0n) is 35.4. The van der Waals surface area contributed by atoms with Crippen LogP contribution in [-0.4, -0.2) is 80.7 Å². The minimum Gasteiger partial charge on any atom is -1.00 e. The van der Waals surface area contributed by atoms with E-state index in [0.717, 1.165) is 54.9 Å². The lowest BCUT2D eigenvalue weighted by atomic mass is 9.87. The van der Waals surface area contributed by atoms with E-state index >= 15 is 4.39 Å². The van der Waals surface area contributed by atoms with Crippen LogP contribution in [-0.2, 0) is 28.2 Å². The Kier molecular flexibility index (Phi) is 14.1. The van der Waals surface area contributed by atoms with E-state index in [4.69, 9.17) is 14.2 Å². The highest BCUT2D eigenvalue weighted by atomic mass is 79.9. The van der Waals surface area contributed by atoms with Crippen molar-refractivity contribution in [1.29, 1.82) is 0 Å². The number of hydrogen-bond acceptors (Lipinski definition) is 10. The molecule has 0 amide bonds. The summed E-state index contributed by atoms with van der Waals surface area (Å²) in [6.07, 6.45) is 5.35. The second-order valence-electron chi connectivity index (χ2n) is 16.1. The lowest BCUT2D eigenvalue weighted by molar-refractivity contribution is -0.689. The van der Waals surface area contributed by atoms with Crippen molar-refractivity contribution in [2.45, 2.75) is 64.4 Å². The SMILES string of the molecule is CC[C@@H]([C@H](C)O)n1ncn(-c2ccc(N3CCN(c4ccc(OC[C@@H]5CO[C@@](Cn6c[n+](Cc7ccc(OC(C)=O)cc7)cn6)(c6ccc(F)cc6F)C5)cc4)CC3)cc2)c1=O.[Br-]. The van der Waals surface area contributed by atoms with Gasteiger partial charge in [0.2, 0.25) is 6.33 Å². The number of esters is 1. The van der Waals surface area contributed by atoms with E-state index in [-0.39, 0.29) is 52.7 Å². The maximum absolute atomic E-state index is 15.4. The second-order valence-corrected chi connectivity index (χ2v) is 16.1. The Labute approximate surface area is 374 Å². The Balaban J connectivity index is 0.00000595. The van der Waals surface area contributed by atoms with Crippen LogP contribution in [0, 0.1) is 17.6 Å². The largest absolute Gasteiger partial charge is 1.00 e. The first-order chi connectivity index (χ1) is 30.0. The third kappa shape index (κ3) is 10.3. The molecule has 0 unspecified atom stereocenters. The molecule has 4 atom stereocenters. The number of hydrogen-bond donors (Lipinski definition) is 1. The van der Waals surface area contributed by atoms with Gasteiger partial charge in [0.15, 0.2) is 0 Å². The van der Waals surface area contributed by atoms with E-state index in [1.807, 2.05) is 66.3 Å². The average molecular weight is 930 g/mol. The predicted octanol–water partition coefficient (Wildman–Crippen LogP) is 2.44. The van der Waals surface area contributed by atoms with Crippen molar-refractivity contribution in [2.24, 2.45) is 5.92 Å². The summed E-state index contributed by atoms with van der Waals surface area (Å²) in [5, 5.41) is 18.9. The quantitative estimate of drug-likeness (QED) is 0.0932. The number of aliphatic hydroxyl groups is 1. The smallest absolute Gasteiger partial charge is 0.350 e. The van der Waals surface area contributed by atoms with Crippen LogP contribution in [0.4, 0.5) is 20.2 Å². The summed E-state index contributed by atoms with van der Waals surface area (Å²) in [4.78, 5) is 29.0. The maximum Gasteiger partial charge on any atom is 0.350 e. The van der Waals surface area contributed by atoms with E-state index in [1.165, 1.54) is 34.6 Å². The number of carbonyl (C=O) groups is 1. The molecule has 0 aliphatic carbocycles. The van der Waals surface area contributed by atoms with Crippen LogP contribution in [0.3, 0.4) is 0 Å². The predicted molar refractivity (Wildman–Crippen MR) is 227 cm³/mol. The average Bonchev–Trinajstić information content (AvgIpc) is 4.00. The fraction of sp³-hybridized carbons (Fsp3) is 0.370. The second kappa shape index (κ2) is 19.6. The van der Waals surface area contributed by atoms with Crippen LogP contribution in [0.1, 0.15) is 50.8 Å². The monoisotopic (exact) mass is 928 g/mol. The van der Waals surface area contributed by atoms with Gasteiger partial charge in [-0.15, -0.1) is 4.68 Å². The van der Waals surface area contributed by atoms with Crippen LogP contribution in [0.25, 0.3) is 5.69 Å². The van der Waals surface area contributed by atoms with Crippen LogP contribution in [0.2, 0.25) is 0 Å². The number of rotatable bonds is 15. The van der Waals surface area contributed by atoms with Gasteiger partial charge >= 0.3 is 11.7 Å². The Morgan fingerprint density at radius 3 is 2.17 bits per heavy atom. The van der Waals surface area contributed by atoms with Gasteiger partial charge in [-0.3, -0.25) is 4.79 Å². The summed E-state index contributed by atoms with van der Waals surface area (Å²) in [5.74, 6) is -0.605. The van der Waals surface area contributed by atoms with Gasteiger partial charge in [0.25, 0.3) is 6.33 Å². The third-order valence-electron chi connectivity index (χ3n) is 11.7. The fourth-order valence-corrected chi connectivity index (χ4v) is 8.49. The minimum absolute atomic E-state index is 0. The van der Waals surface area contributed by atoms with E-state index in [9.17, 15) is 19.1 Å².